The van der Waals surface area contributed by atoms with E-state index < -0.39 is 0 Å². The van der Waals surface area contributed by atoms with Crippen molar-refractivity contribution in [1.29, 1.82) is 0 Å². The van der Waals surface area contributed by atoms with E-state index in [2.05, 4.69) is 5.32 Å². The zero-order valence-electron chi connectivity index (χ0n) is 9.16. The van der Waals surface area contributed by atoms with Gasteiger partial charge in [-0.2, -0.15) is 0 Å². The minimum atomic E-state index is -0.285. The zero-order valence-corrected chi connectivity index (χ0v) is 9.16. The van der Waals surface area contributed by atoms with Crippen LogP contribution in [0.2, 0.25) is 0 Å². The van der Waals surface area contributed by atoms with Crippen molar-refractivity contribution in [1.82, 2.24) is 10.2 Å². The number of carbonyl (C=O) groups excluding carboxylic acids is 1. The topological polar surface area (TPSA) is 52.6 Å². The predicted octanol–water partition coefficient (Wildman–Crippen LogP) is -0.0339. The fourth-order valence-corrected chi connectivity index (χ4v) is 1.91. The summed E-state index contributed by atoms with van der Waals surface area (Å²) in [5.41, 5.74) is 0. The lowest BCUT2D eigenvalue weighted by molar-refractivity contribution is -0.130. The van der Waals surface area contributed by atoms with Crippen LogP contribution in [0.4, 0.5) is 0 Å². The molecule has 2 N–H and O–H groups in total. The molecule has 1 aliphatic rings. The maximum absolute atomic E-state index is 11.5. The number of hydrogen-bond donors (Lipinski definition) is 2. The maximum atomic E-state index is 11.5. The van der Waals surface area contributed by atoms with Crippen molar-refractivity contribution in [3.05, 3.63) is 0 Å². The number of hydrogen-bond acceptors (Lipinski definition) is 3. The first-order chi connectivity index (χ1) is 6.52. The van der Waals surface area contributed by atoms with E-state index in [1.807, 2.05) is 6.92 Å². The van der Waals surface area contributed by atoms with E-state index in [1.165, 1.54) is 0 Å². The van der Waals surface area contributed by atoms with Gasteiger partial charge in [-0.25, -0.2) is 0 Å². The molecule has 0 heterocycles. The van der Waals surface area contributed by atoms with Gasteiger partial charge in [-0.15, -0.1) is 0 Å². The smallest absolute Gasteiger partial charge is 0.238 e. The predicted molar refractivity (Wildman–Crippen MR) is 54.9 cm³/mol. The molecule has 1 aliphatic carbocycles. The Morgan fingerprint density at radius 2 is 2.14 bits per heavy atom. The SMILES string of the molecule is CC(N[C@@H]1CCC[C@H]1O)C(=O)N(C)C. The third kappa shape index (κ3) is 2.69. The largest absolute Gasteiger partial charge is 0.392 e. The van der Waals surface area contributed by atoms with Crippen LogP contribution in [-0.2, 0) is 4.79 Å². The summed E-state index contributed by atoms with van der Waals surface area (Å²) in [7, 11) is 3.48. The molecule has 1 fully saturated rings. The first-order valence-electron chi connectivity index (χ1n) is 5.17. The minimum absolute atomic E-state index is 0.0594. The molecule has 3 atom stereocenters. The van der Waals surface area contributed by atoms with Gasteiger partial charge in [0.2, 0.25) is 5.91 Å². The summed E-state index contributed by atoms with van der Waals surface area (Å²) in [5, 5.41) is 12.7. The molecule has 0 spiro atoms. The maximum Gasteiger partial charge on any atom is 0.238 e. The Morgan fingerprint density at radius 3 is 2.57 bits per heavy atom. The highest BCUT2D eigenvalue weighted by Gasteiger charge is 2.28. The van der Waals surface area contributed by atoms with Gasteiger partial charge in [-0.3, -0.25) is 4.79 Å². The third-order valence-electron chi connectivity index (χ3n) is 2.75. The van der Waals surface area contributed by atoms with Crippen molar-refractivity contribution >= 4 is 5.91 Å². The van der Waals surface area contributed by atoms with Gasteiger partial charge in [0.15, 0.2) is 0 Å². The van der Waals surface area contributed by atoms with Gasteiger partial charge in [0, 0.05) is 20.1 Å². The average molecular weight is 200 g/mol. The number of rotatable bonds is 3. The van der Waals surface area contributed by atoms with Gasteiger partial charge < -0.3 is 15.3 Å². The van der Waals surface area contributed by atoms with E-state index in [4.69, 9.17) is 0 Å². The molecule has 1 rings (SSSR count). The van der Waals surface area contributed by atoms with Crippen LogP contribution in [-0.4, -0.2) is 48.2 Å². The van der Waals surface area contributed by atoms with E-state index in [0.29, 0.717) is 0 Å². The second-order valence-electron chi connectivity index (χ2n) is 4.23. The Bertz CT molecular complexity index is 206. The molecule has 1 saturated carbocycles. The molecule has 14 heavy (non-hydrogen) atoms. The molecule has 0 radical (unpaired) electrons. The number of amides is 1. The summed E-state index contributed by atoms with van der Waals surface area (Å²) in [6.45, 7) is 1.84. The fourth-order valence-electron chi connectivity index (χ4n) is 1.91. The molecule has 0 aromatic carbocycles. The zero-order chi connectivity index (χ0) is 10.7. The summed E-state index contributed by atoms with van der Waals surface area (Å²) >= 11 is 0. The van der Waals surface area contributed by atoms with E-state index >= 15 is 0 Å². The van der Waals surface area contributed by atoms with Crippen LogP contribution >= 0.6 is 0 Å². The second kappa shape index (κ2) is 4.75. The van der Waals surface area contributed by atoms with E-state index in [9.17, 15) is 9.90 Å². The number of likely N-dealkylation sites (N-methyl/N-ethyl adjacent to an activating group) is 1. The lowest BCUT2D eigenvalue weighted by atomic mass is 10.2. The highest BCUT2D eigenvalue weighted by Crippen LogP contribution is 2.19. The Hall–Kier alpha value is -0.610. The number of carbonyl (C=O) groups is 1. The van der Waals surface area contributed by atoms with Gasteiger partial charge in [0.25, 0.3) is 0 Å². The molecule has 1 amide bonds. The van der Waals surface area contributed by atoms with Crippen LogP contribution in [0.1, 0.15) is 26.2 Å². The molecule has 4 heteroatoms. The summed E-state index contributed by atoms with van der Waals surface area (Å²) in [4.78, 5) is 13.1. The fraction of sp³-hybridized carbons (Fsp3) is 0.900. The Morgan fingerprint density at radius 1 is 1.50 bits per heavy atom. The summed E-state index contributed by atoms with van der Waals surface area (Å²) < 4.78 is 0. The summed E-state index contributed by atoms with van der Waals surface area (Å²) in [5.74, 6) is 0.0594. The van der Waals surface area contributed by atoms with E-state index in [1.54, 1.807) is 19.0 Å². The average Bonchev–Trinajstić information content (AvgIpc) is 2.50. The Balaban J connectivity index is 2.39. The number of nitrogens with one attached hydrogen (secondary N) is 1. The van der Waals surface area contributed by atoms with Crippen LogP contribution in [0.3, 0.4) is 0 Å². The lowest BCUT2D eigenvalue weighted by Gasteiger charge is -2.23. The van der Waals surface area contributed by atoms with Crippen LogP contribution in [0.15, 0.2) is 0 Å². The van der Waals surface area contributed by atoms with E-state index in [0.717, 1.165) is 19.3 Å². The van der Waals surface area contributed by atoms with Crippen molar-refractivity contribution < 1.29 is 9.90 Å². The summed E-state index contributed by atoms with van der Waals surface area (Å²) in [6.07, 6.45) is 2.57. The first-order valence-corrected chi connectivity index (χ1v) is 5.17. The van der Waals surface area contributed by atoms with Gasteiger partial charge >= 0.3 is 0 Å². The number of aliphatic hydroxyl groups excluding tert-OH is 1. The quantitative estimate of drug-likeness (QED) is 0.672. The number of aliphatic hydroxyl groups is 1. The molecule has 0 saturated heterocycles. The first kappa shape index (κ1) is 11.5. The molecule has 4 nitrogen and oxygen atoms in total. The molecule has 82 valence electrons. The number of nitrogens with zero attached hydrogens (tertiary/aromatic N) is 1. The molecule has 0 aromatic rings. The minimum Gasteiger partial charge on any atom is -0.392 e. The van der Waals surface area contributed by atoms with Gasteiger partial charge in [-0.05, 0) is 26.2 Å². The molecular weight excluding hydrogens is 180 g/mol. The Kier molecular flexibility index (Phi) is 3.89. The lowest BCUT2D eigenvalue weighted by Crippen LogP contribution is -2.48. The highest BCUT2D eigenvalue weighted by molar-refractivity contribution is 5.80. The van der Waals surface area contributed by atoms with Crippen molar-refractivity contribution in [3.8, 4) is 0 Å². The third-order valence-corrected chi connectivity index (χ3v) is 2.75. The van der Waals surface area contributed by atoms with Crippen LogP contribution in [0.5, 0.6) is 0 Å². The second-order valence-corrected chi connectivity index (χ2v) is 4.23. The standard InChI is InChI=1S/C10H20N2O2/c1-7(10(14)12(2)3)11-8-5-4-6-9(8)13/h7-9,11,13H,4-6H2,1-3H3/t7?,8-,9-/m1/s1. The van der Waals surface area contributed by atoms with Gasteiger partial charge in [0.05, 0.1) is 12.1 Å². The van der Waals surface area contributed by atoms with Gasteiger partial charge in [0.1, 0.15) is 0 Å². The molecule has 0 aromatic heterocycles. The monoisotopic (exact) mass is 200 g/mol. The normalized spacial score (nSPS) is 28.9. The van der Waals surface area contributed by atoms with Crippen molar-refractivity contribution in [2.24, 2.45) is 0 Å². The summed E-state index contributed by atoms with van der Waals surface area (Å²) in [6, 6.07) is -0.114. The molecular formula is C10H20N2O2. The van der Waals surface area contributed by atoms with Crippen molar-refractivity contribution in [3.63, 3.8) is 0 Å². The van der Waals surface area contributed by atoms with Crippen LogP contribution in [0, 0.1) is 0 Å². The molecule has 1 unspecified atom stereocenters. The molecule has 0 bridgehead atoms. The van der Waals surface area contributed by atoms with Crippen LogP contribution in [0.25, 0.3) is 0 Å². The van der Waals surface area contributed by atoms with Gasteiger partial charge in [-0.1, -0.05) is 0 Å². The van der Waals surface area contributed by atoms with E-state index in [-0.39, 0.29) is 24.1 Å². The highest BCUT2D eigenvalue weighted by atomic mass is 16.3. The van der Waals surface area contributed by atoms with Crippen molar-refractivity contribution in [2.75, 3.05) is 14.1 Å². The molecule has 0 aliphatic heterocycles. The Labute approximate surface area is 85.3 Å². The van der Waals surface area contributed by atoms with Crippen molar-refractivity contribution in [2.45, 2.75) is 44.4 Å². The van der Waals surface area contributed by atoms with Crippen LogP contribution < -0.4 is 5.32 Å².